The molecular formula is C13H24. The zero-order valence-electron chi connectivity index (χ0n) is 9.85. The molecule has 0 heterocycles. The first-order valence-corrected chi connectivity index (χ1v) is 5.56. The Morgan fingerprint density at radius 1 is 1.15 bits per heavy atom. The molecule has 1 aliphatic carbocycles. The van der Waals surface area contributed by atoms with Crippen molar-refractivity contribution in [1.82, 2.24) is 0 Å². The Labute approximate surface area is 83.7 Å². The van der Waals surface area contributed by atoms with Crippen LogP contribution in [0.1, 0.15) is 53.9 Å². The molecule has 0 nitrogen and oxygen atoms in total. The maximum Gasteiger partial charge on any atom is -0.0256 e. The second-order valence-corrected chi connectivity index (χ2v) is 3.79. The number of rotatable bonds is 2. The van der Waals surface area contributed by atoms with E-state index >= 15 is 0 Å². The van der Waals surface area contributed by atoms with E-state index < -0.39 is 0 Å². The van der Waals surface area contributed by atoms with Crippen molar-refractivity contribution in [2.24, 2.45) is 5.92 Å². The Bertz CT molecular complexity index is 182. The average molecular weight is 180 g/mol. The van der Waals surface area contributed by atoms with Crippen LogP contribution in [0.4, 0.5) is 0 Å². The van der Waals surface area contributed by atoms with E-state index in [-0.39, 0.29) is 0 Å². The predicted octanol–water partition coefficient (Wildman–Crippen LogP) is 4.73. The standard InChI is InChI=1S/C11H18.C2H6/c1-9(2)8-11-7-5-4-6-10(11)3;1-2/h6-7,9H,4-5,8H2,1-3H3;1-2H3. The van der Waals surface area contributed by atoms with Gasteiger partial charge in [0.05, 0.1) is 0 Å². The molecule has 0 aromatic heterocycles. The van der Waals surface area contributed by atoms with Crippen molar-refractivity contribution in [2.75, 3.05) is 0 Å². The predicted molar refractivity (Wildman–Crippen MR) is 61.9 cm³/mol. The molecule has 0 saturated carbocycles. The molecule has 1 rings (SSSR count). The second kappa shape index (κ2) is 6.94. The minimum Gasteiger partial charge on any atom is -0.0810 e. The molecule has 0 bridgehead atoms. The summed E-state index contributed by atoms with van der Waals surface area (Å²) in [7, 11) is 0. The molecular weight excluding hydrogens is 156 g/mol. The fourth-order valence-corrected chi connectivity index (χ4v) is 1.53. The van der Waals surface area contributed by atoms with Gasteiger partial charge in [-0.05, 0) is 37.7 Å². The van der Waals surface area contributed by atoms with Crippen LogP contribution >= 0.6 is 0 Å². The van der Waals surface area contributed by atoms with Crippen LogP contribution in [0.25, 0.3) is 0 Å². The highest BCUT2D eigenvalue weighted by molar-refractivity contribution is 5.31. The van der Waals surface area contributed by atoms with E-state index in [9.17, 15) is 0 Å². The van der Waals surface area contributed by atoms with Crippen molar-refractivity contribution < 1.29 is 0 Å². The van der Waals surface area contributed by atoms with E-state index in [1.165, 1.54) is 24.8 Å². The molecule has 0 unspecified atom stereocenters. The largest absolute Gasteiger partial charge is 0.0810 e. The van der Waals surface area contributed by atoms with E-state index in [2.05, 4.69) is 32.9 Å². The summed E-state index contributed by atoms with van der Waals surface area (Å²) in [5.74, 6) is 0.794. The van der Waals surface area contributed by atoms with Crippen LogP contribution in [0.2, 0.25) is 0 Å². The molecule has 0 aromatic rings. The lowest BCUT2D eigenvalue weighted by Crippen LogP contribution is -1.96. The Kier molecular flexibility index (Phi) is 6.66. The van der Waals surface area contributed by atoms with Gasteiger partial charge in [-0.3, -0.25) is 0 Å². The summed E-state index contributed by atoms with van der Waals surface area (Å²) in [6.07, 6.45) is 8.50. The van der Waals surface area contributed by atoms with E-state index in [4.69, 9.17) is 0 Å². The van der Waals surface area contributed by atoms with E-state index in [0.29, 0.717) is 0 Å². The summed E-state index contributed by atoms with van der Waals surface area (Å²) in [5, 5.41) is 0. The summed E-state index contributed by atoms with van der Waals surface area (Å²) in [6, 6.07) is 0. The van der Waals surface area contributed by atoms with Gasteiger partial charge in [0, 0.05) is 0 Å². The zero-order valence-corrected chi connectivity index (χ0v) is 9.85. The van der Waals surface area contributed by atoms with Crippen molar-refractivity contribution in [3.8, 4) is 0 Å². The molecule has 0 atom stereocenters. The van der Waals surface area contributed by atoms with Gasteiger partial charge in [-0.2, -0.15) is 0 Å². The third kappa shape index (κ3) is 4.92. The molecule has 13 heavy (non-hydrogen) atoms. The Morgan fingerprint density at radius 2 is 1.69 bits per heavy atom. The topological polar surface area (TPSA) is 0 Å². The van der Waals surface area contributed by atoms with Gasteiger partial charge in [-0.25, -0.2) is 0 Å². The summed E-state index contributed by atoms with van der Waals surface area (Å²) in [5.41, 5.74) is 3.08. The van der Waals surface area contributed by atoms with Crippen molar-refractivity contribution in [3.05, 3.63) is 23.3 Å². The molecule has 1 aliphatic rings. The van der Waals surface area contributed by atoms with E-state index in [1.807, 2.05) is 13.8 Å². The van der Waals surface area contributed by atoms with Crippen molar-refractivity contribution in [2.45, 2.75) is 53.9 Å². The molecule has 0 heteroatoms. The van der Waals surface area contributed by atoms with Crippen LogP contribution in [-0.4, -0.2) is 0 Å². The van der Waals surface area contributed by atoms with Crippen molar-refractivity contribution >= 4 is 0 Å². The monoisotopic (exact) mass is 180 g/mol. The van der Waals surface area contributed by atoms with E-state index in [0.717, 1.165) is 5.92 Å². The summed E-state index contributed by atoms with van der Waals surface area (Å²) >= 11 is 0. The molecule has 0 aliphatic heterocycles. The van der Waals surface area contributed by atoms with Crippen LogP contribution in [0.3, 0.4) is 0 Å². The Balaban J connectivity index is 0.000000671. The first-order valence-electron chi connectivity index (χ1n) is 5.56. The molecule has 76 valence electrons. The zero-order chi connectivity index (χ0) is 10.3. The van der Waals surface area contributed by atoms with Crippen LogP contribution in [-0.2, 0) is 0 Å². The minimum absolute atomic E-state index is 0.794. The average Bonchev–Trinajstić information content (AvgIpc) is 2.12. The van der Waals surface area contributed by atoms with Crippen LogP contribution in [0.5, 0.6) is 0 Å². The van der Waals surface area contributed by atoms with Gasteiger partial charge in [0.25, 0.3) is 0 Å². The highest BCUT2D eigenvalue weighted by Gasteiger charge is 2.05. The Hall–Kier alpha value is -0.520. The molecule has 0 fully saturated rings. The second-order valence-electron chi connectivity index (χ2n) is 3.79. The highest BCUT2D eigenvalue weighted by Crippen LogP contribution is 2.23. The smallest absolute Gasteiger partial charge is 0.0256 e. The molecule has 0 radical (unpaired) electrons. The van der Waals surface area contributed by atoms with Gasteiger partial charge in [0.2, 0.25) is 0 Å². The summed E-state index contributed by atoms with van der Waals surface area (Å²) in [6.45, 7) is 10.8. The van der Waals surface area contributed by atoms with Gasteiger partial charge in [0.15, 0.2) is 0 Å². The van der Waals surface area contributed by atoms with Crippen LogP contribution in [0, 0.1) is 5.92 Å². The quantitative estimate of drug-likeness (QED) is 0.576. The summed E-state index contributed by atoms with van der Waals surface area (Å²) in [4.78, 5) is 0. The molecule has 0 amide bonds. The molecule has 0 saturated heterocycles. The lowest BCUT2D eigenvalue weighted by Gasteiger charge is -2.14. The molecule has 0 spiro atoms. The number of hydrogen-bond donors (Lipinski definition) is 0. The van der Waals surface area contributed by atoms with Gasteiger partial charge < -0.3 is 0 Å². The van der Waals surface area contributed by atoms with Crippen molar-refractivity contribution in [3.63, 3.8) is 0 Å². The fourth-order valence-electron chi connectivity index (χ4n) is 1.53. The molecule has 0 N–H and O–H groups in total. The lowest BCUT2D eigenvalue weighted by molar-refractivity contribution is 0.641. The maximum absolute atomic E-state index is 2.40. The normalized spacial score (nSPS) is 15.8. The SMILES string of the molecule is CC.CC1=CCCC=C1CC(C)C. The highest BCUT2D eigenvalue weighted by atomic mass is 14.1. The fraction of sp³-hybridized carbons (Fsp3) is 0.692. The first kappa shape index (κ1) is 12.5. The van der Waals surface area contributed by atoms with Crippen LogP contribution in [0.15, 0.2) is 23.3 Å². The van der Waals surface area contributed by atoms with Gasteiger partial charge in [0.1, 0.15) is 0 Å². The van der Waals surface area contributed by atoms with Gasteiger partial charge >= 0.3 is 0 Å². The maximum atomic E-state index is 2.40. The third-order valence-electron chi connectivity index (χ3n) is 2.14. The third-order valence-corrected chi connectivity index (χ3v) is 2.14. The van der Waals surface area contributed by atoms with Crippen LogP contribution < -0.4 is 0 Å². The first-order chi connectivity index (χ1) is 6.20. The van der Waals surface area contributed by atoms with E-state index in [1.54, 1.807) is 5.57 Å². The Morgan fingerprint density at radius 3 is 2.15 bits per heavy atom. The van der Waals surface area contributed by atoms with Gasteiger partial charge in [-0.1, -0.05) is 45.4 Å². The van der Waals surface area contributed by atoms with Gasteiger partial charge in [-0.15, -0.1) is 0 Å². The minimum atomic E-state index is 0.794. The lowest BCUT2D eigenvalue weighted by atomic mass is 9.92. The number of hydrogen-bond acceptors (Lipinski definition) is 0. The summed E-state index contributed by atoms with van der Waals surface area (Å²) < 4.78 is 0. The van der Waals surface area contributed by atoms with Crippen molar-refractivity contribution in [1.29, 1.82) is 0 Å². The number of allylic oxidation sites excluding steroid dienone is 4. The molecule has 0 aromatic carbocycles.